The lowest BCUT2D eigenvalue weighted by atomic mass is 10.1. The predicted octanol–water partition coefficient (Wildman–Crippen LogP) is 3.26. The third kappa shape index (κ3) is 6.27. The molecule has 0 saturated carbocycles. The highest BCUT2D eigenvalue weighted by Gasteiger charge is 2.14. The first-order valence-electron chi connectivity index (χ1n) is 11.0. The first-order valence-corrected chi connectivity index (χ1v) is 12.5. The van der Waals surface area contributed by atoms with Crippen LogP contribution in [0, 0.1) is 0 Å². The summed E-state index contributed by atoms with van der Waals surface area (Å²) in [4.78, 5) is 23.8. The van der Waals surface area contributed by atoms with Gasteiger partial charge in [-0.3, -0.25) is 14.2 Å². The number of anilines is 1. The van der Waals surface area contributed by atoms with E-state index < -0.39 is 10.2 Å². The molecular formula is C24H27N7O3S. The van der Waals surface area contributed by atoms with Gasteiger partial charge in [-0.25, -0.2) is 9.97 Å². The molecule has 3 heterocycles. The Hall–Kier alpha value is -4.12. The number of carbonyl (C=O) groups is 1. The van der Waals surface area contributed by atoms with E-state index in [4.69, 9.17) is 0 Å². The molecule has 35 heavy (non-hydrogen) atoms. The van der Waals surface area contributed by atoms with E-state index in [1.807, 2.05) is 19.9 Å². The Bertz CT molecular complexity index is 1460. The number of nitrogens with zero attached hydrogens (tertiary/aromatic N) is 3. The van der Waals surface area contributed by atoms with Crippen molar-refractivity contribution >= 4 is 27.5 Å². The zero-order valence-electron chi connectivity index (χ0n) is 19.4. The minimum Gasteiger partial charge on any atom is -0.350 e. The Labute approximate surface area is 203 Å². The van der Waals surface area contributed by atoms with E-state index in [9.17, 15) is 13.2 Å². The maximum absolute atomic E-state index is 12.6. The van der Waals surface area contributed by atoms with Crippen LogP contribution in [-0.2, 0) is 16.6 Å². The molecule has 0 fully saturated rings. The SMILES string of the molecule is C=C(CCc1cnc[nH]1)NS(=O)(=O)Nc1cccc(-c2cn3cc(C(=O)NC(C)C)ccc3n2)c1. The molecule has 11 heteroatoms. The third-order valence-electron chi connectivity index (χ3n) is 5.07. The molecular weight excluding hydrogens is 466 g/mol. The summed E-state index contributed by atoms with van der Waals surface area (Å²) < 4.78 is 31.9. The molecule has 4 rings (SSSR count). The van der Waals surface area contributed by atoms with Crippen LogP contribution < -0.4 is 14.8 Å². The van der Waals surface area contributed by atoms with E-state index in [-0.39, 0.29) is 11.9 Å². The van der Waals surface area contributed by atoms with Crippen molar-refractivity contribution in [3.8, 4) is 11.3 Å². The summed E-state index contributed by atoms with van der Waals surface area (Å²) in [6.45, 7) is 7.60. The second-order valence-corrected chi connectivity index (χ2v) is 9.82. The molecule has 0 saturated heterocycles. The Morgan fingerprint density at radius 3 is 2.77 bits per heavy atom. The maximum Gasteiger partial charge on any atom is 0.321 e. The molecule has 0 spiro atoms. The fourth-order valence-electron chi connectivity index (χ4n) is 3.48. The van der Waals surface area contributed by atoms with Gasteiger partial charge in [0.05, 0.1) is 23.3 Å². The summed E-state index contributed by atoms with van der Waals surface area (Å²) in [7, 11) is -3.87. The number of hydrogen-bond donors (Lipinski definition) is 4. The smallest absolute Gasteiger partial charge is 0.321 e. The van der Waals surface area contributed by atoms with Gasteiger partial charge < -0.3 is 14.7 Å². The van der Waals surface area contributed by atoms with Gasteiger partial charge in [-0.1, -0.05) is 18.7 Å². The second-order valence-electron chi connectivity index (χ2n) is 8.41. The molecule has 1 amide bonds. The number of nitrogens with one attached hydrogen (secondary N) is 4. The zero-order valence-corrected chi connectivity index (χ0v) is 20.3. The van der Waals surface area contributed by atoms with Crippen LogP contribution in [0.15, 0.2) is 73.6 Å². The molecule has 3 aromatic heterocycles. The summed E-state index contributed by atoms with van der Waals surface area (Å²) in [6, 6.07) is 10.4. The van der Waals surface area contributed by atoms with Crippen LogP contribution in [0.3, 0.4) is 0 Å². The van der Waals surface area contributed by atoms with Crippen LogP contribution in [0.5, 0.6) is 0 Å². The number of aryl methyl sites for hydroxylation is 1. The number of pyridine rings is 1. The van der Waals surface area contributed by atoms with Gasteiger partial charge in [-0.15, -0.1) is 0 Å². The van der Waals surface area contributed by atoms with Crippen LogP contribution >= 0.6 is 0 Å². The lowest BCUT2D eigenvalue weighted by molar-refractivity contribution is 0.0942. The van der Waals surface area contributed by atoms with E-state index in [2.05, 4.69) is 36.3 Å². The highest BCUT2D eigenvalue weighted by Crippen LogP contribution is 2.23. The third-order valence-corrected chi connectivity index (χ3v) is 6.14. The zero-order chi connectivity index (χ0) is 25.0. The lowest BCUT2D eigenvalue weighted by Crippen LogP contribution is -2.30. The first kappa shape index (κ1) is 24.0. The predicted molar refractivity (Wildman–Crippen MR) is 135 cm³/mol. The highest BCUT2D eigenvalue weighted by molar-refractivity contribution is 7.90. The maximum atomic E-state index is 12.6. The van der Waals surface area contributed by atoms with Gasteiger partial charge in [0.15, 0.2) is 0 Å². The first-order chi connectivity index (χ1) is 16.7. The monoisotopic (exact) mass is 493 g/mol. The molecule has 1 aromatic carbocycles. The van der Waals surface area contributed by atoms with Crippen molar-refractivity contribution in [3.05, 3.63) is 84.8 Å². The van der Waals surface area contributed by atoms with Crippen molar-refractivity contribution in [2.45, 2.75) is 32.7 Å². The van der Waals surface area contributed by atoms with Crippen LogP contribution in [-0.4, -0.2) is 39.7 Å². The molecule has 4 aromatic rings. The van der Waals surface area contributed by atoms with Gasteiger partial charge in [0.2, 0.25) is 0 Å². The fraction of sp³-hybridized carbons (Fsp3) is 0.208. The van der Waals surface area contributed by atoms with Crippen molar-refractivity contribution in [3.63, 3.8) is 0 Å². The van der Waals surface area contributed by atoms with E-state index in [0.717, 1.165) is 11.3 Å². The van der Waals surface area contributed by atoms with Gasteiger partial charge in [0, 0.05) is 41.6 Å². The normalized spacial score (nSPS) is 11.5. The van der Waals surface area contributed by atoms with E-state index in [1.165, 1.54) is 0 Å². The average Bonchev–Trinajstić information content (AvgIpc) is 3.46. The molecule has 0 unspecified atom stereocenters. The van der Waals surface area contributed by atoms with E-state index >= 15 is 0 Å². The van der Waals surface area contributed by atoms with E-state index in [0.29, 0.717) is 41.1 Å². The number of H-pyrrole nitrogens is 1. The quantitative estimate of drug-likeness (QED) is 0.269. The Kier molecular flexibility index (Phi) is 6.87. The second kappa shape index (κ2) is 10.0. The van der Waals surface area contributed by atoms with Crippen molar-refractivity contribution in [1.82, 2.24) is 29.4 Å². The van der Waals surface area contributed by atoms with Gasteiger partial charge in [0.25, 0.3) is 5.91 Å². The molecule has 0 aliphatic carbocycles. The minimum atomic E-state index is -3.87. The van der Waals surface area contributed by atoms with Crippen LogP contribution in [0.2, 0.25) is 0 Å². The van der Waals surface area contributed by atoms with Gasteiger partial charge >= 0.3 is 10.2 Å². The summed E-state index contributed by atoms with van der Waals surface area (Å²) in [6.07, 6.45) is 7.79. The number of aromatic amines is 1. The largest absolute Gasteiger partial charge is 0.350 e. The van der Waals surface area contributed by atoms with Gasteiger partial charge in [-0.05, 0) is 51.0 Å². The number of allylic oxidation sites excluding steroid dienone is 1. The molecule has 0 radical (unpaired) electrons. The van der Waals surface area contributed by atoms with Gasteiger partial charge in [-0.2, -0.15) is 8.42 Å². The van der Waals surface area contributed by atoms with Crippen molar-refractivity contribution < 1.29 is 13.2 Å². The summed E-state index contributed by atoms with van der Waals surface area (Å²) in [5, 5.41) is 2.87. The molecule has 0 aliphatic heterocycles. The van der Waals surface area contributed by atoms with Crippen LogP contribution in [0.4, 0.5) is 5.69 Å². The number of rotatable bonds is 10. The van der Waals surface area contributed by atoms with Crippen LogP contribution in [0.1, 0.15) is 36.3 Å². The van der Waals surface area contributed by atoms with Crippen molar-refractivity contribution in [1.29, 1.82) is 0 Å². The molecule has 4 N–H and O–H groups in total. The lowest BCUT2D eigenvalue weighted by Gasteiger charge is -2.12. The van der Waals surface area contributed by atoms with Gasteiger partial charge in [0.1, 0.15) is 5.65 Å². The van der Waals surface area contributed by atoms with Crippen molar-refractivity contribution in [2.75, 3.05) is 4.72 Å². The Morgan fingerprint density at radius 2 is 2.03 bits per heavy atom. The number of imidazole rings is 2. The number of benzene rings is 1. The van der Waals surface area contributed by atoms with Crippen LogP contribution in [0.25, 0.3) is 16.9 Å². The standard InChI is InChI=1S/C24H27N7O3S/c1-16(2)27-24(32)19-8-10-23-28-22(14-31(23)13-19)18-5-4-6-20(11-18)30-35(33,34)29-17(3)7-9-21-12-25-15-26-21/h4-6,8,10-16,29-30H,3,7,9H2,1-2H3,(H,25,26)(H,27,32). The number of carbonyl (C=O) groups excluding carboxylic acids is 1. The van der Waals surface area contributed by atoms with Crippen molar-refractivity contribution in [2.24, 2.45) is 0 Å². The number of hydrogen-bond acceptors (Lipinski definition) is 5. The van der Waals surface area contributed by atoms with E-state index in [1.54, 1.807) is 59.7 Å². The fourth-order valence-corrected chi connectivity index (χ4v) is 4.45. The number of fused-ring (bicyclic) bond motifs is 1. The average molecular weight is 494 g/mol. The minimum absolute atomic E-state index is 0.0334. The topological polar surface area (TPSA) is 133 Å². The Morgan fingerprint density at radius 1 is 1.20 bits per heavy atom. The summed E-state index contributed by atoms with van der Waals surface area (Å²) in [5.41, 5.74) is 4.19. The molecule has 10 nitrogen and oxygen atoms in total. The molecule has 0 bridgehead atoms. The highest BCUT2D eigenvalue weighted by atomic mass is 32.2. The molecule has 0 aliphatic rings. The Balaban J connectivity index is 1.46. The molecule has 182 valence electrons. The number of aromatic nitrogens is 4. The molecule has 0 atom stereocenters. The summed E-state index contributed by atoms with van der Waals surface area (Å²) >= 11 is 0. The summed E-state index contributed by atoms with van der Waals surface area (Å²) in [5.74, 6) is -0.160. The number of amides is 1.